The Morgan fingerprint density at radius 1 is 1.35 bits per heavy atom. The Morgan fingerprint density at radius 3 is 2.57 bits per heavy atom. The zero-order valence-electron chi connectivity index (χ0n) is 13.2. The molecule has 0 N–H and O–H groups in total. The number of sulfone groups is 1. The molecule has 0 amide bonds. The first-order chi connectivity index (χ1) is 10.7. The molecule has 0 unspecified atom stereocenters. The largest absolute Gasteiger partial charge is 0.295 e. The van der Waals surface area contributed by atoms with Crippen LogP contribution in [-0.2, 0) is 19.9 Å². The number of carbonyl (C=O) groups is 1. The Balaban J connectivity index is 2.41. The first kappa shape index (κ1) is 18.1. The smallest absolute Gasteiger partial charge is 0.243 e. The van der Waals surface area contributed by atoms with Crippen LogP contribution in [0.5, 0.6) is 0 Å². The highest BCUT2D eigenvalue weighted by Crippen LogP contribution is 2.25. The number of sulfonamides is 1. The molecule has 1 fully saturated rings. The van der Waals surface area contributed by atoms with Gasteiger partial charge in [0, 0.05) is 18.2 Å². The molecule has 1 aliphatic heterocycles. The van der Waals surface area contributed by atoms with Gasteiger partial charge in [0.15, 0.2) is 15.6 Å². The highest BCUT2D eigenvalue weighted by Gasteiger charge is 2.38. The summed E-state index contributed by atoms with van der Waals surface area (Å²) in [6, 6.07) is 5.34. The van der Waals surface area contributed by atoms with Gasteiger partial charge in [-0.3, -0.25) is 4.79 Å². The molecule has 1 saturated heterocycles. The third-order valence-electron chi connectivity index (χ3n) is 3.91. The lowest BCUT2D eigenvalue weighted by atomic mass is 10.2. The Kier molecular flexibility index (Phi) is 5.27. The highest BCUT2D eigenvalue weighted by molar-refractivity contribution is 7.92. The fourth-order valence-corrected chi connectivity index (χ4v) is 6.35. The van der Waals surface area contributed by atoms with Gasteiger partial charge in [-0.05, 0) is 31.9 Å². The number of carbonyl (C=O) groups excluding carboxylic acids is 1. The van der Waals surface area contributed by atoms with E-state index < -0.39 is 25.9 Å². The van der Waals surface area contributed by atoms with Gasteiger partial charge < -0.3 is 0 Å². The van der Waals surface area contributed by atoms with Crippen LogP contribution in [0.2, 0.25) is 0 Å². The zero-order chi connectivity index (χ0) is 17.3. The van der Waals surface area contributed by atoms with Crippen molar-refractivity contribution < 1.29 is 21.6 Å². The number of hydrogen-bond donors (Lipinski definition) is 0. The van der Waals surface area contributed by atoms with E-state index in [1.54, 1.807) is 6.07 Å². The zero-order valence-corrected chi connectivity index (χ0v) is 14.9. The van der Waals surface area contributed by atoms with Crippen molar-refractivity contribution in [3.8, 4) is 0 Å². The minimum absolute atomic E-state index is 0.0148. The highest BCUT2D eigenvalue weighted by atomic mass is 32.2. The molecule has 23 heavy (non-hydrogen) atoms. The molecule has 1 aromatic carbocycles. The average Bonchev–Trinajstić information content (AvgIpc) is 2.84. The van der Waals surface area contributed by atoms with Crippen LogP contribution in [0.1, 0.15) is 37.0 Å². The quantitative estimate of drug-likeness (QED) is 0.718. The van der Waals surface area contributed by atoms with Crippen LogP contribution >= 0.6 is 0 Å². The van der Waals surface area contributed by atoms with Crippen LogP contribution in [0.3, 0.4) is 0 Å². The summed E-state index contributed by atoms with van der Waals surface area (Å²) in [5, 5.41) is 0. The molecule has 0 aromatic heterocycles. The SMILES string of the molecule is CCCN([C@H]1CCS(=O)(=O)C1)S(=O)(=O)c1cccc(C(C)=O)c1. The molecule has 2 rings (SSSR count). The molecule has 0 aliphatic carbocycles. The lowest BCUT2D eigenvalue weighted by molar-refractivity contribution is 0.101. The molecule has 128 valence electrons. The van der Waals surface area contributed by atoms with Crippen LogP contribution in [0.25, 0.3) is 0 Å². The maximum Gasteiger partial charge on any atom is 0.243 e. The van der Waals surface area contributed by atoms with Crippen molar-refractivity contribution in [2.75, 3.05) is 18.1 Å². The van der Waals surface area contributed by atoms with Crippen LogP contribution in [0.4, 0.5) is 0 Å². The molecule has 0 radical (unpaired) electrons. The van der Waals surface area contributed by atoms with E-state index in [4.69, 9.17) is 0 Å². The van der Waals surface area contributed by atoms with Gasteiger partial charge in [-0.15, -0.1) is 0 Å². The van der Waals surface area contributed by atoms with E-state index in [9.17, 15) is 21.6 Å². The summed E-state index contributed by atoms with van der Waals surface area (Å²) in [6.45, 7) is 3.48. The molecule has 1 heterocycles. The van der Waals surface area contributed by atoms with Crippen molar-refractivity contribution >= 4 is 25.6 Å². The van der Waals surface area contributed by atoms with Crippen molar-refractivity contribution in [3.05, 3.63) is 29.8 Å². The number of ketones is 1. The molecule has 0 bridgehead atoms. The van der Waals surface area contributed by atoms with Gasteiger partial charge in [0.25, 0.3) is 0 Å². The van der Waals surface area contributed by atoms with Crippen LogP contribution in [-0.4, -0.2) is 51.0 Å². The average molecular weight is 359 g/mol. The van der Waals surface area contributed by atoms with Gasteiger partial charge in [0.1, 0.15) is 0 Å². The maximum atomic E-state index is 12.9. The molecule has 1 atom stereocenters. The molecule has 6 nitrogen and oxygen atoms in total. The summed E-state index contributed by atoms with van der Waals surface area (Å²) in [4.78, 5) is 11.5. The summed E-state index contributed by atoms with van der Waals surface area (Å²) in [5.41, 5.74) is 0.321. The van der Waals surface area contributed by atoms with Gasteiger partial charge in [-0.2, -0.15) is 4.31 Å². The predicted molar refractivity (Wildman–Crippen MR) is 87.7 cm³/mol. The van der Waals surface area contributed by atoms with E-state index in [0.29, 0.717) is 18.4 Å². The number of Topliss-reactive ketones (excluding diaryl/α,β-unsaturated/α-hetero) is 1. The molecule has 1 aliphatic rings. The van der Waals surface area contributed by atoms with E-state index >= 15 is 0 Å². The predicted octanol–water partition coefficient (Wildman–Crippen LogP) is 1.48. The lowest BCUT2D eigenvalue weighted by Crippen LogP contribution is -2.41. The Morgan fingerprint density at radius 2 is 2.04 bits per heavy atom. The monoisotopic (exact) mass is 359 g/mol. The molecule has 0 spiro atoms. The first-order valence-electron chi connectivity index (χ1n) is 7.50. The van der Waals surface area contributed by atoms with E-state index in [2.05, 4.69) is 0 Å². The van der Waals surface area contributed by atoms with Crippen molar-refractivity contribution in [2.24, 2.45) is 0 Å². The molecular formula is C15H21NO5S2. The number of nitrogens with zero attached hydrogens (tertiary/aromatic N) is 1. The minimum atomic E-state index is -3.84. The van der Waals surface area contributed by atoms with Gasteiger partial charge in [0.05, 0.1) is 16.4 Å². The van der Waals surface area contributed by atoms with Crippen molar-refractivity contribution in [1.29, 1.82) is 0 Å². The van der Waals surface area contributed by atoms with Crippen molar-refractivity contribution in [2.45, 2.75) is 37.6 Å². The topological polar surface area (TPSA) is 88.6 Å². The number of rotatable bonds is 6. The van der Waals surface area contributed by atoms with E-state index in [-0.39, 0.29) is 28.7 Å². The normalized spacial score (nSPS) is 20.7. The summed E-state index contributed by atoms with van der Waals surface area (Å²) in [6.07, 6.45) is 0.899. The second kappa shape index (κ2) is 6.70. The van der Waals surface area contributed by atoms with Gasteiger partial charge in [0.2, 0.25) is 10.0 Å². The minimum Gasteiger partial charge on any atom is -0.295 e. The van der Waals surface area contributed by atoms with Gasteiger partial charge >= 0.3 is 0 Å². The molecular weight excluding hydrogens is 338 g/mol. The first-order valence-corrected chi connectivity index (χ1v) is 10.8. The number of hydrogen-bond acceptors (Lipinski definition) is 5. The molecule has 8 heteroatoms. The fraction of sp³-hybridized carbons (Fsp3) is 0.533. The van der Waals surface area contributed by atoms with Crippen molar-refractivity contribution in [3.63, 3.8) is 0 Å². The Labute approximate surface area is 137 Å². The van der Waals surface area contributed by atoms with Crippen molar-refractivity contribution in [1.82, 2.24) is 4.31 Å². The molecule has 1 aromatic rings. The standard InChI is InChI=1S/C15H21NO5S2/c1-3-8-16(14-7-9-22(18,19)11-14)23(20,21)15-6-4-5-13(10-15)12(2)17/h4-6,10,14H,3,7-9,11H2,1-2H3/t14-/m0/s1. The van der Waals surface area contributed by atoms with Crippen LogP contribution in [0.15, 0.2) is 29.2 Å². The lowest BCUT2D eigenvalue weighted by Gasteiger charge is -2.27. The summed E-state index contributed by atoms with van der Waals surface area (Å²) < 4.78 is 50.5. The fourth-order valence-electron chi connectivity index (χ4n) is 2.73. The second-order valence-corrected chi connectivity index (χ2v) is 9.88. The summed E-state index contributed by atoms with van der Waals surface area (Å²) in [5.74, 6) is -0.341. The third-order valence-corrected chi connectivity index (χ3v) is 7.60. The van der Waals surface area contributed by atoms with E-state index in [1.807, 2.05) is 6.92 Å². The van der Waals surface area contributed by atoms with E-state index in [1.165, 1.54) is 29.4 Å². The summed E-state index contributed by atoms with van der Waals surface area (Å²) >= 11 is 0. The number of benzene rings is 1. The van der Waals surface area contributed by atoms with Gasteiger partial charge in [-0.1, -0.05) is 19.1 Å². The van der Waals surface area contributed by atoms with E-state index in [0.717, 1.165) is 0 Å². The van der Waals surface area contributed by atoms with Gasteiger partial charge in [-0.25, -0.2) is 16.8 Å². The maximum absolute atomic E-state index is 12.9. The van der Waals surface area contributed by atoms with Crippen LogP contribution < -0.4 is 0 Å². The third kappa shape index (κ3) is 3.99. The Bertz CT molecular complexity index is 799. The Hall–Kier alpha value is -1.25. The molecule has 0 saturated carbocycles. The van der Waals surface area contributed by atoms with Crippen LogP contribution in [0, 0.1) is 0 Å². The summed E-state index contributed by atoms with van der Waals surface area (Å²) in [7, 11) is -7.02. The second-order valence-electron chi connectivity index (χ2n) is 5.76.